The third-order valence-corrected chi connectivity index (χ3v) is 4.71. The summed E-state index contributed by atoms with van der Waals surface area (Å²) in [6.45, 7) is 5.16. The molecule has 1 aliphatic rings. The van der Waals surface area contributed by atoms with E-state index in [1.807, 2.05) is 24.9 Å². The minimum atomic E-state index is 0.565. The molecule has 0 amide bonds. The van der Waals surface area contributed by atoms with Gasteiger partial charge in [-0.3, -0.25) is 4.68 Å². The summed E-state index contributed by atoms with van der Waals surface area (Å²) in [6, 6.07) is 2.19. The Morgan fingerprint density at radius 2 is 2.08 bits per heavy atom. The van der Waals surface area contributed by atoms with E-state index in [1.54, 1.807) is 0 Å². The van der Waals surface area contributed by atoms with Crippen molar-refractivity contribution in [3.63, 3.8) is 0 Å². The van der Waals surface area contributed by atoms with Crippen molar-refractivity contribution in [3.8, 4) is 0 Å². The highest BCUT2D eigenvalue weighted by Crippen LogP contribution is 2.26. The Hall–Kier alpha value is -1.95. The average Bonchev–Trinajstić information content (AvgIpc) is 3.00. The fourth-order valence-corrected chi connectivity index (χ4v) is 3.33. The molecule has 3 rings (SSSR count). The molecular formula is C18H28N6. The molecule has 3 heterocycles. The molecule has 0 radical (unpaired) electrons. The van der Waals surface area contributed by atoms with Gasteiger partial charge in [-0.05, 0) is 51.3 Å². The first kappa shape index (κ1) is 16.9. The first-order valence-electron chi connectivity index (χ1n) is 8.87. The predicted molar refractivity (Wildman–Crippen MR) is 96.4 cm³/mol. The number of rotatable bonds is 6. The number of nitrogens with one attached hydrogen (secondary N) is 1. The smallest absolute Gasteiger partial charge is 0.132 e. The fraction of sp³-hybridized carbons (Fsp3) is 0.611. The maximum atomic E-state index is 4.69. The molecule has 0 spiro atoms. The van der Waals surface area contributed by atoms with Crippen LogP contribution in [0.3, 0.4) is 0 Å². The second kappa shape index (κ2) is 7.75. The Morgan fingerprint density at radius 3 is 2.79 bits per heavy atom. The lowest BCUT2D eigenvalue weighted by molar-refractivity contribution is 0.452. The lowest BCUT2D eigenvalue weighted by atomic mass is 9.94. The standard InChI is InChI=1S/C18H28N6/c1-14-21-17(16-6-8-19-9-7-16)11-18(22-14)23(2)10-4-5-15-12-20-24(3)13-15/h11-13,16,19H,4-10H2,1-3H3. The Morgan fingerprint density at radius 1 is 1.29 bits per heavy atom. The molecule has 2 aromatic heterocycles. The summed E-state index contributed by atoms with van der Waals surface area (Å²) in [5.74, 6) is 2.48. The van der Waals surface area contributed by atoms with Crippen LogP contribution in [0.25, 0.3) is 0 Å². The summed E-state index contributed by atoms with van der Waals surface area (Å²) in [7, 11) is 4.08. The van der Waals surface area contributed by atoms with Crippen LogP contribution in [0.4, 0.5) is 5.82 Å². The molecule has 0 unspecified atom stereocenters. The van der Waals surface area contributed by atoms with Crippen LogP contribution < -0.4 is 10.2 Å². The number of aryl methyl sites for hydroxylation is 3. The van der Waals surface area contributed by atoms with Gasteiger partial charge in [-0.15, -0.1) is 0 Å². The molecule has 0 bridgehead atoms. The van der Waals surface area contributed by atoms with Crippen LogP contribution in [0, 0.1) is 6.92 Å². The van der Waals surface area contributed by atoms with E-state index in [-0.39, 0.29) is 0 Å². The molecule has 6 nitrogen and oxygen atoms in total. The Kier molecular flexibility index (Phi) is 5.45. The van der Waals surface area contributed by atoms with Crippen molar-refractivity contribution < 1.29 is 0 Å². The van der Waals surface area contributed by atoms with Gasteiger partial charge in [-0.2, -0.15) is 5.10 Å². The lowest BCUT2D eigenvalue weighted by Crippen LogP contribution is -2.27. The first-order chi connectivity index (χ1) is 11.6. The maximum absolute atomic E-state index is 4.69. The minimum absolute atomic E-state index is 0.565. The normalized spacial score (nSPS) is 15.6. The highest BCUT2D eigenvalue weighted by molar-refractivity contribution is 5.39. The molecule has 0 saturated carbocycles. The second-order valence-corrected chi connectivity index (χ2v) is 6.77. The summed E-state index contributed by atoms with van der Waals surface area (Å²) in [6.07, 6.45) is 8.51. The van der Waals surface area contributed by atoms with Gasteiger partial charge in [0.2, 0.25) is 0 Å². The van der Waals surface area contributed by atoms with Crippen molar-refractivity contribution in [2.75, 3.05) is 31.6 Å². The fourth-order valence-electron chi connectivity index (χ4n) is 3.33. The van der Waals surface area contributed by atoms with Gasteiger partial charge in [0.1, 0.15) is 11.6 Å². The number of aromatic nitrogens is 4. The minimum Gasteiger partial charge on any atom is -0.360 e. The highest BCUT2D eigenvalue weighted by atomic mass is 15.2. The molecule has 0 atom stereocenters. The van der Waals surface area contributed by atoms with Crippen LogP contribution in [0.15, 0.2) is 18.5 Å². The van der Waals surface area contributed by atoms with Crippen molar-refractivity contribution in [1.82, 2.24) is 25.1 Å². The van der Waals surface area contributed by atoms with Gasteiger partial charge in [-0.25, -0.2) is 9.97 Å². The molecule has 1 saturated heterocycles. The predicted octanol–water partition coefficient (Wildman–Crippen LogP) is 2.05. The van der Waals surface area contributed by atoms with Gasteiger partial charge in [0.25, 0.3) is 0 Å². The molecule has 2 aromatic rings. The zero-order chi connectivity index (χ0) is 16.9. The monoisotopic (exact) mass is 328 g/mol. The van der Waals surface area contributed by atoms with Crippen LogP contribution in [0.5, 0.6) is 0 Å². The van der Waals surface area contributed by atoms with Crippen molar-refractivity contribution in [3.05, 3.63) is 35.5 Å². The van der Waals surface area contributed by atoms with E-state index < -0.39 is 0 Å². The van der Waals surface area contributed by atoms with Crippen molar-refractivity contribution in [2.24, 2.45) is 7.05 Å². The summed E-state index contributed by atoms with van der Waals surface area (Å²) in [5, 5.41) is 7.65. The largest absolute Gasteiger partial charge is 0.360 e. The number of piperidine rings is 1. The SMILES string of the molecule is Cc1nc(C2CCNCC2)cc(N(C)CCCc2cnn(C)c2)n1. The van der Waals surface area contributed by atoms with E-state index >= 15 is 0 Å². The van der Waals surface area contributed by atoms with Gasteiger partial charge in [0.05, 0.1) is 6.20 Å². The molecule has 24 heavy (non-hydrogen) atoms. The van der Waals surface area contributed by atoms with Crippen LogP contribution >= 0.6 is 0 Å². The van der Waals surface area contributed by atoms with Gasteiger partial charge >= 0.3 is 0 Å². The molecule has 1 fully saturated rings. The quantitative estimate of drug-likeness (QED) is 0.879. The van der Waals surface area contributed by atoms with E-state index in [1.165, 1.54) is 24.1 Å². The molecule has 6 heteroatoms. The summed E-state index contributed by atoms with van der Waals surface area (Å²) in [4.78, 5) is 11.6. The topological polar surface area (TPSA) is 58.9 Å². The third kappa shape index (κ3) is 4.32. The summed E-state index contributed by atoms with van der Waals surface area (Å²) >= 11 is 0. The zero-order valence-electron chi connectivity index (χ0n) is 15.0. The maximum Gasteiger partial charge on any atom is 0.132 e. The Labute approximate surface area is 144 Å². The summed E-state index contributed by atoms with van der Waals surface area (Å²) < 4.78 is 1.86. The zero-order valence-corrected chi connectivity index (χ0v) is 15.0. The highest BCUT2D eigenvalue weighted by Gasteiger charge is 2.18. The molecule has 130 valence electrons. The summed E-state index contributed by atoms with van der Waals surface area (Å²) in [5.41, 5.74) is 2.50. The second-order valence-electron chi connectivity index (χ2n) is 6.77. The van der Waals surface area contributed by atoms with Gasteiger partial charge < -0.3 is 10.2 Å². The van der Waals surface area contributed by atoms with Crippen LogP contribution in [-0.4, -0.2) is 46.4 Å². The number of hydrogen-bond acceptors (Lipinski definition) is 5. The van der Waals surface area contributed by atoms with Crippen molar-refractivity contribution in [2.45, 2.75) is 38.5 Å². The number of nitrogens with zero attached hydrogens (tertiary/aromatic N) is 5. The van der Waals surface area contributed by atoms with Gasteiger partial charge in [-0.1, -0.05) is 0 Å². The van der Waals surface area contributed by atoms with Crippen molar-refractivity contribution >= 4 is 5.82 Å². The van der Waals surface area contributed by atoms with E-state index in [9.17, 15) is 0 Å². The molecule has 1 N–H and O–H groups in total. The lowest BCUT2D eigenvalue weighted by Gasteiger charge is -2.24. The van der Waals surface area contributed by atoms with E-state index in [0.717, 1.165) is 44.1 Å². The van der Waals surface area contributed by atoms with Gasteiger partial charge in [0.15, 0.2) is 0 Å². The molecule has 1 aliphatic heterocycles. The first-order valence-corrected chi connectivity index (χ1v) is 8.87. The van der Waals surface area contributed by atoms with Crippen LogP contribution in [-0.2, 0) is 13.5 Å². The van der Waals surface area contributed by atoms with E-state index in [0.29, 0.717) is 5.92 Å². The Bertz CT molecular complexity index is 659. The van der Waals surface area contributed by atoms with Crippen LogP contribution in [0.1, 0.15) is 42.3 Å². The van der Waals surface area contributed by atoms with Crippen LogP contribution in [0.2, 0.25) is 0 Å². The van der Waals surface area contributed by atoms with Gasteiger partial charge in [0, 0.05) is 44.5 Å². The third-order valence-electron chi connectivity index (χ3n) is 4.71. The molecule has 0 aromatic carbocycles. The molecular weight excluding hydrogens is 300 g/mol. The number of anilines is 1. The Balaban J connectivity index is 1.61. The van der Waals surface area contributed by atoms with Crippen molar-refractivity contribution in [1.29, 1.82) is 0 Å². The van der Waals surface area contributed by atoms with E-state index in [4.69, 9.17) is 4.98 Å². The average molecular weight is 328 g/mol. The van der Waals surface area contributed by atoms with E-state index in [2.05, 4.69) is 39.6 Å². The molecule has 0 aliphatic carbocycles. The number of hydrogen-bond donors (Lipinski definition) is 1.